The van der Waals surface area contributed by atoms with Crippen molar-refractivity contribution in [2.45, 2.75) is 31.1 Å². The number of hydrogen-bond acceptors (Lipinski definition) is 4. The van der Waals surface area contributed by atoms with Crippen LogP contribution in [0.3, 0.4) is 0 Å². The molecule has 1 N–H and O–H groups in total. The van der Waals surface area contributed by atoms with Gasteiger partial charge < -0.3 is 5.11 Å². The summed E-state index contributed by atoms with van der Waals surface area (Å²) in [5.41, 5.74) is 2.10. The Morgan fingerprint density at radius 2 is 2.04 bits per heavy atom. The third kappa shape index (κ3) is 2.20. The van der Waals surface area contributed by atoms with Crippen molar-refractivity contribution in [3.63, 3.8) is 0 Å². The Morgan fingerprint density at radius 3 is 2.61 bits per heavy atom. The number of aromatic hydroxyl groups is 1. The molecule has 0 fully saturated rings. The smallest absolute Gasteiger partial charge is 0.220 e. The Morgan fingerprint density at radius 1 is 1.39 bits per heavy atom. The summed E-state index contributed by atoms with van der Waals surface area (Å²) in [6.07, 6.45) is 1.36. The second-order valence-electron chi connectivity index (χ2n) is 6.79. The number of fused-ring (bicyclic) bond motifs is 1. The van der Waals surface area contributed by atoms with E-state index in [2.05, 4.69) is 11.0 Å². The number of carbonyl (C=O) groups is 1. The molecule has 122 valence electrons. The molecule has 0 saturated carbocycles. The highest BCUT2D eigenvalue weighted by molar-refractivity contribution is 8.00. The number of nitrogens with zero attached hydrogens (tertiary/aromatic N) is 2. The zero-order chi connectivity index (χ0) is 17.2. The van der Waals surface area contributed by atoms with E-state index in [0.29, 0.717) is 11.3 Å². The zero-order valence-electron chi connectivity index (χ0n) is 13.7. The maximum Gasteiger partial charge on any atom is 0.220 e. The van der Waals surface area contributed by atoms with Crippen LogP contribution >= 0.6 is 0 Å². The molecule has 1 aliphatic rings. The van der Waals surface area contributed by atoms with E-state index in [4.69, 9.17) is 0 Å². The van der Waals surface area contributed by atoms with Gasteiger partial charge in [-0.1, -0.05) is 13.8 Å². The predicted molar refractivity (Wildman–Crippen MR) is 90.9 cm³/mol. The van der Waals surface area contributed by atoms with E-state index in [1.165, 1.54) is 10.9 Å². The first-order valence-corrected chi connectivity index (χ1v) is 9.20. The molecule has 3 rings (SSSR count). The lowest BCUT2D eigenvalue weighted by molar-refractivity contribution is 0.103. The molecule has 1 atom stereocenters. The van der Waals surface area contributed by atoms with Gasteiger partial charge in [0.15, 0.2) is 5.78 Å². The zero-order valence-corrected chi connectivity index (χ0v) is 14.5. The molecule has 1 aliphatic heterocycles. The Balaban J connectivity index is 2.22. The Hall–Kier alpha value is -2.08. The molecule has 1 unspecified atom stereocenters. The van der Waals surface area contributed by atoms with Crippen LogP contribution in [0.15, 0.2) is 23.2 Å². The van der Waals surface area contributed by atoms with Crippen LogP contribution < -0.4 is 0 Å². The van der Waals surface area contributed by atoms with Crippen LogP contribution in [0, 0.1) is 6.92 Å². The molecule has 0 saturated heterocycles. The molecule has 1 aromatic carbocycles. The number of hydrogen-bond donors (Lipinski definition) is 1. The summed E-state index contributed by atoms with van der Waals surface area (Å²) in [5, 5.41) is 13.9. The highest BCUT2D eigenvalue weighted by atomic mass is 32.2. The minimum absolute atomic E-state index is 0.157. The third-order valence-corrected chi connectivity index (χ3v) is 6.82. The van der Waals surface area contributed by atoms with Gasteiger partial charge in [-0.05, 0) is 45.6 Å². The molecule has 23 heavy (non-hydrogen) atoms. The minimum Gasteiger partial charge on any atom is -0.493 e. The monoisotopic (exact) mass is 332 g/mol. The van der Waals surface area contributed by atoms with Crippen molar-refractivity contribution < 1.29 is 14.1 Å². The summed E-state index contributed by atoms with van der Waals surface area (Å²) in [5.74, 6) is 3.92. The van der Waals surface area contributed by atoms with Gasteiger partial charge in [0, 0.05) is 28.7 Å². The summed E-state index contributed by atoms with van der Waals surface area (Å²) in [6, 6.07) is 3.42. The van der Waals surface area contributed by atoms with E-state index in [0.717, 1.165) is 16.0 Å². The van der Waals surface area contributed by atoms with Crippen LogP contribution in [-0.2, 0) is 22.0 Å². The normalized spacial score (nSPS) is 22.1. The molecule has 0 amide bonds. The first kappa shape index (κ1) is 15.8. The first-order valence-electron chi connectivity index (χ1n) is 7.31. The van der Waals surface area contributed by atoms with Gasteiger partial charge in [0.25, 0.3) is 0 Å². The second kappa shape index (κ2) is 4.71. The number of aryl methyl sites for hydroxylation is 1. The summed E-state index contributed by atoms with van der Waals surface area (Å²) in [6.45, 7) is 5.90. The molecule has 2 aromatic rings. The molecule has 0 aliphatic carbocycles. The van der Waals surface area contributed by atoms with Gasteiger partial charge in [0.1, 0.15) is 5.56 Å². The van der Waals surface area contributed by atoms with Gasteiger partial charge in [-0.2, -0.15) is 5.10 Å². The van der Waals surface area contributed by atoms with Crippen molar-refractivity contribution >= 4 is 21.2 Å². The van der Waals surface area contributed by atoms with Crippen molar-refractivity contribution in [1.82, 2.24) is 9.78 Å². The number of aromatic nitrogens is 2. The van der Waals surface area contributed by atoms with Gasteiger partial charge in [0.05, 0.1) is 6.20 Å². The van der Waals surface area contributed by atoms with Gasteiger partial charge >= 0.3 is 0 Å². The maximum atomic E-state index is 12.8. The molecule has 0 radical (unpaired) electrons. The fraction of sp³-hybridized carbons (Fsp3) is 0.353. The highest BCUT2D eigenvalue weighted by Crippen LogP contribution is 2.42. The lowest BCUT2D eigenvalue weighted by Crippen LogP contribution is -2.20. The third-order valence-electron chi connectivity index (χ3n) is 4.50. The van der Waals surface area contributed by atoms with Crippen LogP contribution in [-0.4, -0.2) is 36.5 Å². The first-order chi connectivity index (χ1) is 10.6. The van der Waals surface area contributed by atoms with E-state index < -0.39 is 9.52 Å². The SMILES string of the molecule is C=S1(=O)CC(C)(C)c2c1ccc(C(=O)c1cnn(C)c1O)c2C. The minimum atomic E-state index is -2.32. The van der Waals surface area contributed by atoms with Crippen molar-refractivity contribution in [3.05, 3.63) is 40.6 Å². The fourth-order valence-corrected chi connectivity index (χ4v) is 6.14. The van der Waals surface area contributed by atoms with Crippen molar-refractivity contribution in [2.75, 3.05) is 5.75 Å². The van der Waals surface area contributed by atoms with Gasteiger partial charge in [-0.25, -0.2) is 4.68 Å². The van der Waals surface area contributed by atoms with Gasteiger partial charge in [-0.15, -0.1) is 0 Å². The van der Waals surface area contributed by atoms with E-state index in [1.54, 1.807) is 19.2 Å². The van der Waals surface area contributed by atoms with E-state index in [-0.39, 0.29) is 22.6 Å². The van der Waals surface area contributed by atoms with Crippen molar-refractivity contribution in [1.29, 1.82) is 0 Å². The standard InChI is InChI=1S/C17H20N2O3S/c1-10-11(15(20)12-8-18-19(4)16(12)21)6-7-13-14(10)17(2,3)9-23(13,5)22/h6-8,21H,5,9H2,1-4H3. The van der Waals surface area contributed by atoms with Crippen LogP contribution in [0.4, 0.5) is 0 Å². The molecule has 0 bridgehead atoms. The van der Waals surface area contributed by atoms with Gasteiger partial charge in [-0.3, -0.25) is 9.00 Å². The van der Waals surface area contributed by atoms with Crippen LogP contribution in [0.2, 0.25) is 0 Å². The van der Waals surface area contributed by atoms with Crippen molar-refractivity contribution in [2.24, 2.45) is 7.05 Å². The quantitative estimate of drug-likeness (QED) is 0.675. The Kier molecular flexibility index (Phi) is 3.23. The largest absolute Gasteiger partial charge is 0.493 e. The van der Waals surface area contributed by atoms with Crippen LogP contribution in [0.1, 0.15) is 40.9 Å². The Bertz CT molecular complexity index is 937. The Labute approximate surface area is 136 Å². The van der Waals surface area contributed by atoms with Crippen LogP contribution in [0.5, 0.6) is 5.88 Å². The second-order valence-corrected chi connectivity index (χ2v) is 9.14. The molecule has 2 heterocycles. The maximum absolute atomic E-state index is 12.8. The molecular formula is C17H20N2O3S. The fourth-order valence-electron chi connectivity index (χ4n) is 3.55. The molecular weight excluding hydrogens is 312 g/mol. The molecule has 5 nitrogen and oxygen atoms in total. The van der Waals surface area contributed by atoms with E-state index in [1.807, 2.05) is 20.8 Å². The number of carbonyl (C=O) groups excluding carboxylic acids is 1. The number of rotatable bonds is 2. The lowest BCUT2D eigenvalue weighted by atomic mass is 9.81. The molecule has 1 aromatic heterocycles. The topological polar surface area (TPSA) is 72.2 Å². The van der Waals surface area contributed by atoms with Gasteiger partial charge in [0.2, 0.25) is 5.88 Å². The van der Waals surface area contributed by atoms with Crippen molar-refractivity contribution in [3.8, 4) is 5.88 Å². The number of ketones is 1. The highest BCUT2D eigenvalue weighted by Gasteiger charge is 2.39. The summed E-state index contributed by atoms with van der Waals surface area (Å²) >= 11 is 0. The lowest BCUT2D eigenvalue weighted by Gasteiger charge is -2.21. The predicted octanol–water partition coefficient (Wildman–Crippen LogP) is 2.03. The average molecular weight is 332 g/mol. The number of benzene rings is 1. The van der Waals surface area contributed by atoms with Crippen LogP contribution in [0.25, 0.3) is 0 Å². The summed E-state index contributed by atoms with van der Waals surface area (Å²) < 4.78 is 14.0. The average Bonchev–Trinajstić information content (AvgIpc) is 2.85. The van der Waals surface area contributed by atoms with E-state index in [9.17, 15) is 14.1 Å². The summed E-state index contributed by atoms with van der Waals surface area (Å²) in [7, 11) is -0.752. The molecule has 0 spiro atoms. The van der Waals surface area contributed by atoms with E-state index >= 15 is 0 Å². The molecule has 6 heteroatoms. The summed E-state index contributed by atoms with van der Waals surface area (Å²) in [4.78, 5) is 13.5.